The van der Waals surface area contributed by atoms with Gasteiger partial charge in [0.05, 0.1) is 26.3 Å². The molecule has 0 atom stereocenters. The number of esters is 2. The van der Waals surface area contributed by atoms with Crippen molar-refractivity contribution in [3.63, 3.8) is 0 Å². The molecule has 124 valence electrons. The van der Waals surface area contributed by atoms with E-state index in [2.05, 4.69) is 44.6 Å². The number of carbonyl (C=O) groups is 2. The van der Waals surface area contributed by atoms with E-state index in [9.17, 15) is 9.59 Å². The fourth-order valence-electron chi connectivity index (χ4n) is 1.31. The summed E-state index contributed by atoms with van der Waals surface area (Å²) in [5, 5.41) is 2.75. The van der Waals surface area contributed by atoms with Crippen molar-refractivity contribution in [3.05, 3.63) is 0 Å². The van der Waals surface area contributed by atoms with Gasteiger partial charge < -0.3 is 9.47 Å². The Labute approximate surface area is 130 Å². The second-order valence-corrected chi connectivity index (χ2v) is 18.9. The molecule has 0 amide bonds. The molecule has 0 saturated carbocycles. The largest absolute Gasteiger partial charge is 0.465 e. The lowest BCUT2D eigenvalue weighted by Crippen LogP contribution is -2.32. The highest BCUT2D eigenvalue weighted by atomic mass is 28.3. The van der Waals surface area contributed by atoms with E-state index >= 15 is 0 Å². The molecule has 1 N–H and O–H groups in total. The maximum absolute atomic E-state index is 11.4. The Morgan fingerprint density at radius 1 is 0.762 bits per heavy atom. The third-order valence-electron chi connectivity index (χ3n) is 2.77. The van der Waals surface area contributed by atoms with Crippen LogP contribution in [0.1, 0.15) is 0 Å². The van der Waals surface area contributed by atoms with Crippen molar-refractivity contribution < 1.29 is 19.1 Å². The highest BCUT2D eigenvalue weighted by Crippen LogP contribution is 2.08. The molecule has 7 heteroatoms. The number of hydrogen-bond acceptors (Lipinski definition) is 5. The Morgan fingerprint density at radius 2 is 1.10 bits per heavy atom. The molecule has 0 aromatic rings. The van der Waals surface area contributed by atoms with Gasteiger partial charge in [0, 0.05) is 16.1 Å². The van der Waals surface area contributed by atoms with Gasteiger partial charge >= 0.3 is 11.9 Å². The first-order valence-corrected chi connectivity index (χ1v) is 14.9. The van der Waals surface area contributed by atoms with Gasteiger partial charge in [-0.05, 0) is 12.1 Å². The van der Waals surface area contributed by atoms with Crippen LogP contribution in [0.25, 0.3) is 0 Å². The normalized spacial score (nSPS) is 12.1. The fraction of sp³-hybridized carbons (Fsp3) is 0.857. The first-order valence-electron chi connectivity index (χ1n) is 7.52. The Kier molecular flexibility index (Phi) is 9.07. The summed E-state index contributed by atoms with van der Waals surface area (Å²) in [6.07, 6.45) is 0. The van der Waals surface area contributed by atoms with Crippen molar-refractivity contribution in [1.82, 2.24) is 5.32 Å². The molecule has 0 heterocycles. The van der Waals surface area contributed by atoms with Crippen molar-refractivity contribution in [2.75, 3.05) is 26.3 Å². The summed E-state index contributed by atoms with van der Waals surface area (Å²) in [6.45, 7) is 14.4. The summed E-state index contributed by atoms with van der Waals surface area (Å²) in [6, 6.07) is 1.91. The lowest BCUT2D eigenvalue weighted by atomic mass is 10.5. The highest BCUT2D eigenvalue weighted by Gasteiger charge is 2.15. The zero-order valence-electron chi connectivity index (χ0n) is 14.4. The monoisotopic (exact) mass is 333 g/mol. The molecule has 21 heavy (non-hydrogen) atoms. The van der Waals surface area contributed by atoms with Crippen molar-refractivity contribution in [1.29, 1.82) is 0 Å². The van der Waals surface area contributed by atoms with E-state index in [0.29, 0.717) is 13.2 Å². The van der Waals surface area contributed by atoms with Gasteiger partial charge in [-0.25, -0.2) is 0 Å². The Bertz CT molecular complexity index is 303. The van der Waals surface area contributed by atoms with E-state index in [-0.39, 0.29) is 25.0 Å². The molecule has 0 unspecified atom stereocenters. The van der Waals surface area contributed by atoms with Crippen LogP contribution in [0.15, 0.2) is 0 Å². The molecule has 0 saturated heterocycles. The minimum Gasteiger partial charge on any atom is -0.465 e. The number of rotatable bonds is 10. The van der Waals surface area contributed by atoms with Crippen LogP contribution in [-0.2, 0) is 19.1 Å². The topological polar surface area (TPSA) is 64.6 Å². The van der Waals surface area contributed by atoms with Crippen molar-refractivity contribution in [2.45, 2.75) is 51.4 Å². The third-order valence-corrected chi connectivity index (χ3v) is 6.18. The Hall–Kier alpha value is -0.666. The van der Waals surface area contributed by atoms with Crippen LogP contribution >= 0.6 is 0 Å². The standard InChI is InChI=1S/C14H31NO4Si2/c1-20(2,3)9-7-18-13(16)11-15-12-14(17)19-8-10-21(4,5)6/h15H,7-12H2,1-6H3. The summed E-state index contributed by atoms with van der Waals surface area (Å²) in [5.74, 6) is -0.633. The zero-order valence-corrected chi connectivity index (χ0v) is 16.4. The van der Waals surface area contributed by atoms with Crippen LogP contribution in [0.4, 0.5) is 0 Å². The van der Waals surface area contributed by atoms with Gasteiger partial charge in [0.15, 0.2) is 0 Å². The molecule has 0 spiro atoms. The van der Waals surface area contributed by atoms with Gasteiger partial charge in [-0.3, -0.25) is 14.9 Å². The van der Waals surface area contributed by atoms with E-state index in [1.165, 1.54) is 0 Å². The average molecular weight is 334 g/mol. The first kappa shape index (κ1) is 20.3. The quantitative estimate of drug-likeness (QED) is 0.491. The van der Waals surface area contributed by atoms with Crippen LogP contribution < -0.4 is 5.32 Å². The molecule has 0 bridgehead atoms. The summed E-state index contributed by atoms with van der Waals surface area (Å²) in [5.41, 5.74) is 0. The minimum absolute atomic E-state index is 0.0504. The molecule has 0 aromatic heterocycles. The smallest absolute Gasteiger partial charge is 0.319 e. The molecule has 5 nitrogen and oxygen atoms in total. The van der Waals surface area contributed by atoms with Crippen LogP contribution in [0.2, 0.25) is 51.4 Å². The van der Waals surface area contributed by atoms with Crippen molar-refractivity contribution in [2.24, 2.45) is 0 Å². The maximum Gasteiger partial charge on any atom is 0.319 e. The maximum atomic E-state index is 11.4. The summed E-state index contributed by atoms with van der Waals surface area (Å²) in [4.78, 5) is 22.9. The highest BCUT2D eigenvalue weighted by molar-refractivity contribution is 6.76. The second kappa shape index (κ2) is 9.37. The first-order chi connectivity index (χ1) is 9.49. The predicted molar refractivity (Wildman–Crippen MR) is 91.1 cm³/mol. The summed E-state index contributed by atoms with van der Waals surface area (Å²) < 4.78 is 10.2. The van der Waals surface area contributed by atoms with Crippen LogP contribution in [0.5, 0.6) is 0 Å². The van der Waals surface area contributed by atoms with E-state index in [0.717, 1.165) is 12.1 Å². The predicted octanol–water partition coefficient (Wildman–Crippen LogP) is 2.34. The molecular weight excluding hydrogens is 302 g/mol. The number of hydrogen-bond donors (Lipinski definition) is 1. The second-order valence-electron chi connectivity index (χ2n) is 7.67. The Morgan fingerprint density at radius 3 is 1.38 bits per heavy atom. The van der Waals surface area contributed by atoms with Crippen LogP contribution in [0.3, 0.4) is 0 Å². The molecule has 0 fully saturated rings. The average Bonchev–Trinajstić information content (AvgIpc) is 2.25. The van der Waals surface area contributed by atoms with Crippen molar-refractivity contribution >= 4 is 28.1 Å². The van der Waals surface area contributed by atoms with Gasteiger partial charge in [-0.2, -0.15) is 0 Å². The minimum atomic E-state index is -1.17. The van der Waals surface area contributed by atoms with Crippen LogP contribution in [0, 0.1) is 0 Å². The molecule has 0 aliphatic heterocycles. The molecule has 0 radical (unpaired) electrons. The lowest BCUT2D eigenvalue weighted by Gasteiger charge is -2.16. The molecule has 0 aromatic carbocycles. The van der Waals surface area contributed by atoms with Gasteiger partial charge in [-0.15, -0.1) is 0 Å². The van der Waals surface area contributed by atoms with Crippen LogP contribution in [-0.4, -0.2) is 54.4 Å². The fourth-order valence-corrected chi connectivity index (χ4v) is 2.74. The summed E-state index contributed by atoms with van der Waals surface area (Å²) >= 11 is 0. The summed E-state index contributed by atoms with van der Waals surface area (Å²) in [7, 11) is -2.34. The van der Waals surface area contributed by atoms with Gasteiger partial charge in [-0.1, -0.05) is 39.3 Å². The number of ether oxygens (including phenoxy) is 2. The third kappa shape index (κ3) is 15.5. The molecule has 0 aliphatic carbocycles. The van der Waals surface area contributed by atoms with Gasteiger partial charge in [0.25, 0.3) is 0 Å². The van der Waals surface area contributed by atoms with Crippen molar-refractivity contribution in [3.8, 4) is 0 Å². The number of carbonyl (C=O) groups excluding carboxylic acids is 2. The van der Waals surface area contributed by atoms with Gasteiger partial charge in [0.1, 0.15) is 0 Å². The van der Waals surface area contributed by atoms with E-state index in [1.807, 2.05) is 0 Å². The molecule has 0 aliphatic rings. The SMILES string of the molecule is C[Si](C)(C)CCOC(=O)CNCC(=O)OCC[Si](C)(C)C. The van der Waals surface area contributed by atoms with Gasteiger partial charge in [0.2, 0.25) is 0 Å². The zero-order chi connectivity index (χ0) is 16.5. The lowest BCUT2D eigenvalue weighted by molar-refractivity contribution is -0.143. The number of nitrogens with one attached hydrogen (secondary N) is 1. The van der Waals surface area contributed by atoms with E-state index < -0.39 is 16.1 Å². The molecule has 0 rings (SSSR count). The molecular formula is C14H31NO4Si2. The Balaban J connectivity index is 3.60. The van der Waals surface area contributed by atoms with E-state index in [1.54, 1.807) is 0 Å². The van der Waals surface area contributed by atoms with E-state index in [4.69, 9.17) is 9.47 Å².